The Morgan fingerprint density at radius 2 is 1.59 bits per heavy atom. The number of ether oxygens (including phenoxy) is 1. The summed E-state index contributed by atoms with van der Waals surface area (Å²) in [7, 11) is 0. The second kappa shape index (κ2) is 7.76. The molecule has 0 saturated carbocycles. The summed E-state index contributed by atoms with van der Waals surface area (Å²) in [4.78, 5) is 12.3. The minimum absolute atomic E-state index is 0.180. The fourth-order valence-corrected chi connectivity index (χ4v) is 2.45. The number of carbonyl (C=O) groups is 1. The number of carbonyl (C=O) groups excluding carboxylic acids is 1. The van der Waals surface area contributed by atoms with Crippen LogP contribution in [0.4, 0.5) is 0 Å². The van der Waals surface area contributed by atoms with Crippen LogP contribution in [0, 0.1) is 5.92 Å². The summed E-state index contributed by atoms with van der Waals surface area (Å²) in [6, 6.07) is 18.5. The molecule has 0 fully saturated rings. The van der Waals surface area contributed by atoms with Crippen LogP contribution < -0.4 is 0 Å². The molecule has 0 aliphatic rings. The standard InChI is InChI=1S/C19H22O3/c1-3-17(20)14(2)18(15-10-6-4-7-11-15)22-19(21)16-12-8-5-9-13-16/h4-14,17-18,20H,3H2,1-2H3/t14-,17+,18-/m0/s1. The van der Waals surface area contributed by atoms with Crippen LogP contribution in [0.5, 0.6) is 0 Å². The van der Waals surface area contributed by atoms with Crippen LogP contribution in [0.2, 0.25) is 0 Å². The predicted octanol–water partition coefficient (Wildman–Crippen LogP) is 3.99. The molecule has 0 spiro atoms. The minimum atomic E-state index is -0.520. The van der Waals surface area contributed by atoms with E-state index in [4.69, 9.17) is 4.74 Å². The van der Waals surface area contributed by atoms with Crippen molar-refractivity contribution in [3.05, 3.63) is 71.8 Å². The molecule has 2 aromatic rings. The lowest BCUT2D eigenvalue weighted by atomic mass is 9.91. The molecule has 0 radical (unpaired) electrons. The normalized spacial score (nSPS) is 14.9. The molecule has 3 heteroatoms. The Labute approximate surface area is 131 Å². The van der Waals surface area contributed by atoms with E-state index < -0.39 is 12.2 Å². The van der Waals surface area contributed by atoms with Crippen molar-refractivity contribution in [2.45, 2.75) is 32.5 Å². The van der Waals surface area contributed by atoms with Gasteiger partial charge in [0, 0.05) is 5.92 Å². The SMILES string of the molecule is CC[C@@H](O)[C@H](C)[C@H](OC(=O)c1ccccc1)c1ccccc1. The van der Waals surface area contributed by atoms with Crippen LogP contribution in [-0.4, -0.2) is 17.2 Å². The van der Waals surface area contributed by atoms with Gasteiger partial charge in [-0.2, -0.15) is 0 Å². The molecular weight excluding hydrogens is 276 g/mol. The molecular formula is C19H22O3. The van der Waals surface area contributed by atoms with Crippen LogP contribution in [0.1, 0.15) is 42.3 Å². The molecule has 22 heavy (non-hydrogen) atoms. The van der Waals surface area contributed by atoms with E-state index in [0.29, 0.717) is 12.0 Å². The van der Waals surface area contributed by atoms with E-state index in [1.54, 1.807) is 24.3 Å². The van der Waals surface area contributed by atoms with Gasteiger partial charge in [0.2, 0.25) is 0 Å². The zero-order valence-corrected chi connectivity index (χ0v) is 13.0. The lowest BCUT2D eigenvalue weighted by Crippen LogP contribution is -2.27. The number of hydrogen-bond donors (Lipinski definition) is 1. The van der Waals surface area contributed by atoms with Gasteiger partial charge in [-0.25, -0.2) is 4.79 Å². The molecule has 2 aromatic carbocycles. The number of esters is 1. The quantitative estimate of drug-likeness (QED) is 0.820. The van der Waals surface area contributed by atoms with Gasteiger partial charge >= 0.3 is 5.97 Å². The van der Waals surface area contributed by atoms with Gasteiger partial charge < -0.3 is 9.84 Å². The Bertz CT molecular complexity index is 580. The van der Waals surface area contributed by atoms with Gasteiger partial charge in [-0.15, -0.1) is 0 Å². The Kier molecular flexibility index (Phi) is 5.73. The van der Waals surface area contributed by atoms with E-state index in [1.165, 1.54) is 0 Å². The lowest BCUT2D eigenvalue weighted by molar-refractivity contribution is -0.0154. The molecule has 0 amide bonds. The summed E-state index contributed by atoms with van der Waals surface area (Å²) < 4.78 is 5.71. The number of aliphatic hydroxyl groups excluding tert-OH is 1. The molecule has 0 bridgehead atoms. The smallest absolute Gasteiger partial charge is 0.338 e. The molecule has 3 atom stereocenters. The second-order valence-electron chi connectivity index (χ2n) is 5.44. The summed E-state index contributed by atoms with van der Waals surface area (Å²) in [5.41, 5.74) is 1.41. The van der Waals surface area contributed by atoms with E-state index in [2.05, 4.69) is 0 Å². The van der Waals surface area contributed by atoms with E-state index in [1.807, 2.05) is 50.2 Å². The molecule has 1 N–H and O–H groups in total. The van der Waals surface area contributed by atoms with E-state index in [9.17, 15) is 9.90 Å². The third-order valence-electron chi connectivity index (χ3n) is 3.87. The maximum absolute atomic E-state index is 12.3. The van der Waals surface area contributed by atoms with Crippen LogP contribution >= 0.6 is 0 Å². The molecule has 116 valence electrons. The highest BCUT2D eigenvalue weighted by molar-refractivity contribution is 5.89. The van der Waals surface area contributed by atoms with Crippen LogP contribution in [0.15, 0.2) is 60.7 Å². The van der Waals surface area contributed by atoms with Gasteiger partial charge in [0.1, 0.15) is 6.10 Å². The summed E-state index contributed by atoms with van der Waals surface area (Å²) in [6.45, 7) is 3.83. The van der Waals surface area contributed by atoms with Gasteiger partial charge in [-0.3, -0.25) is 0 Å². The highest BCUT2D eigenvalue weighted by Gasteiger charge is 2.28. The Morgan fingerprint density at radius 1 is 1.05 bits per heavy atom. The van der Waals surface area contributed by atoms with Crippen LogP contribution in [0.3, 0.4) is 0 Å². The van der Waals surface area contributed by atoms with Crippen molar-refractivity contribution in [1.82, 2.24) is 0 Å². The zero-order chi connectivity index (χ0) is 15.9. The highest BCUT2D eigenvalue weighted by Crippen LogP contribution is 2.30. The van der Waals surface area contributed by atoms with Gasteiger partial charge in [-0.1, -0.05) is 62.4 Å². The van der Waals surface area contributed by atoms with Gasteiger partial charge in [0.25, 0.3) is 0 Å². The summed E-state index contributed by atoms with van der Waals surface area (Å²) in [5, 5.41) is 10.2. The average molecular weight is 298 g/mol. The molecule has 0 unspecified atom stereocenters. The molecule has 0 aliphatic heterocycles. The number of aliphatic hydroxyl groups is 1. The molecule has 0 aromatic heterocycles. The van der Waals surface area contributed by atoms with Gasteiger partial charge in [0.05, 0.1) is 11.7 Å². The van der Waals surface area contributed by atoms with Crippen LogP contribution in [0.25, 0.3) is 0 Å². The van der Waals surface area contributed by atoms with Crippen molar-refractivity contribution in [3.63, 3.8) is 0 Å². The third-order valence-corrected chi connectivity index (χ3v) is 3.87. The van der Waals surface area contributed by atoms with Crippen molar-refractivity contribution in [2.24, 2.45) is 5.92 Å². The summed E-state index contributed by atoms with van der Waals surface area (Å²) >= 11 is 0. The maximum Gasteiger partial charge on any atom is 0.338 e. The monoisotopic (exact) mass is 298 g/mol. The molecule has 0 saturated heterocycles. The first-order valence-corrected chi connectivity index (χ1v) is 7.62. The zero-order valence-electron chi connectivity index (χ0n) is 13.0. The van der Waals surface area contributed by atoms with Crippen molar-refractivity contribution >= 4 is 5.97 Å². The van der Waals surface area contributed by atoms with Crippen molar-refractivity contribution in [3.8, 4) is 0 Å². The van der Waals surface area contributed by atoms with E-state index >= 15 is 0 Å². The number of benzene rings is 2. The largest absolute Gasteiger partial charge is 0.454 e. The van der Waals surface area contributed by atoms with Crippen LogP contribution in [-0.2, 0) is 4.74 Å². The highest BCUT2D eigenvalue weighted by atomic mass is 16.5. The first-order chi connectivity index (χ1) is 10.6. The fraction of sp³-hybridized carbons (Fsp3) is 0.316. The average Bonchev–Trinajstić information content (AvgIpc) is 2.59. The van der Waals surface area contributed by atoms with Gasteiger partial charge in [-0.05, 0) is 24.1 Å². The number of rotatable bonds is 6. The minimum Gasteiger partial charge on any atom is -0.454 e. The predicted molar refractivity (Wildman–Crippen MR) is 86.5 cm³/mol. The molecule has 3 nitrogen and oxygen atoms in total. The first-order valence-electron chi connectivity index (χ1n) is 7.62. The van der Waals surface area contributed by atoms with Gasteiger partial charge in [0.15, 0.2) is 0 Å². The third kappa shape index (κ3) is 3.95. The maximum atomic E-state index is 12.3. The first kappa shape index (κ1) is 16.2. The molecule has 0 aliphatic carbocycles. The Hall–Kier alpha value is -2.13. The summed E-state index contributed by atoms with van der Waals surface area (Å²) in [5.74, 6) is -0.551. The molecule has 2 rings (SSSR count). The molecule has 0 heterocycles. The van der Waals surface area contributed by atoms with Crippen molar-refractivity contribution in [1.29, 1.82) is 0 Å². The fourth-order valence-electron chi connectivity index (χ4n) is 2.45. The van der Waals surface area contributed by atoms with Crippen molar-refractivity contribution in [2.75, 3.05) is 0 Å². The Morgan fingerprint density at radius 3 is 2.14 bits per heavy atom. The van der Waals surface area contributed by atoms with Crippen molar-refractivity contribution < 1.29 is 14.6 Å². The van der Waals surface area contributed by atoms with E-state index in [0.717, 1.165) is 5.56 Å². The Balaban J connectivity index is 2.23. The lowest BCUT2D eigenvalue weighted by Gasteiger charge is -2.27. The second-order valence-corrected chi connectivity index (χ2v) is 5.44. The topological polar surface area (TPSA) is 46.5 Å². The summed E-state index contributed by atoms with van der Waals surface area (Å²) in [6.07, 6.45) is -0.370. The van der Waals surface area contributed by atoms with E-state index in [-0.39, 0.29) is 11.9 Å². The number of hydrogen-bond acceptors (Lipinski definition) is 3.